The Kier molecular flexibility index (Phi) is 6.85. The molecule has 36 heavy (non-hydrogen) atoms. The van der Waals surface area contributed by atoms with Gasteiger partial charge in [0.15, 0.2) is 0 Å². The zero-order chi connectivity index (χ0) is 25.4. The van der Waals surface area contributed by atoms with Gasteiger partial charge >= 0.3 is 0 Å². The third kappa shape index (κ3) is 4.65. The van der Waals surface area contributed by atoms with Gasteiger partial charge < -0.3 is 20.2 Å². The van der Waals surface area contributed by atoms with Crippen LogP contribution in [0.1, 0.15) is 52.6 Å². The number of thioether (sulfide) groups is 1. The molecule has 1 saturated heterocycles. The van der Waals surface area contributed by atoms with Crippen molar-refractivity contribution < 1.29 is 19.5 Å². The van der Waals surface area contributed by atoms with E-state index < -0.39 is 18.2 Å². The van der Waals surface area contributed by atoms with E-state index in [2.05, 4.69) is 29.4 Å². The normalized spacial score (nSPS) is 25.8. The maximum absolute atomic E-state index is 13.4. The van der Waals surface area contributed by atoms with Gasteiger partial charge in [-0.2, -0.15) is 0 Å². The molecule has 2 aromatic carbocycles. The number of rotatable bonds is 6. The van der Waals surface area contributed by atoms with Gasteiger partial charge in [-0.25, -0.2) is 0 Å². The van der Waals surface area contributed by atoms with Crippen molar-refractivity contribution in [3.8, 4) is 0 Å². The zero-order valence-corrected chi connectivity index (χ0v) is 21.1. The van der Waals surface area contributed by atoms with Gasteiger partial charge in [0.2, 0.25) is 11.8 Å². The van der Waals surface area contributed by atoms with Crippen LogP contribution in [0.25, 0.3) is 0 Å². The number of β-amino-alcohol motifs (C(OH)–C–C–N with tert-alkyl or cyclic N) is 1. The number of amides is 3. The monoisotopic (exact) mass is 506 g/mol. The third-order valence-electron chi connectivity index (χ3n) is 7.26. The van der Waals surface area contributed by atoms with Crippen molar-refractivity contribution in [2.24, 2.45) is 4.99 Å². The topological polar surface area (TPSA) is 102 Å². The first kappa shape index (κ1) is 24.5. The van der Waals surface area contributed by atoms with Crippen LogP contribution in [0.4, 0.5) is 0 Å². The molecular weight excluding hydrogens is 476 g/mol. The SMILES string of the molecule is CC1N=CSC1c1ccc(CNC(=O)[C@@H]2C[C@@H](O)CN2C(=O)[C@H](C)N2Cc3ccccc3C2=O)cc1. The smallest absolute Gasteiger partial charge is 0.255 e. The van der Waals surface area contributed by atoms with E-state index in [4.69, 9.17) is 0 Å². The Labute approximate surface area is 214 Å². The van der Waals surface area contributed by atoms with E-state index in [1.807, 2.05) is 29.8 Å². The first-order chi connectivity index (χ1) is 17.3. The fourth-order valence-electron chi connectivity index (χ4n) is 5.15. The molecule has 3 aliphatic rings. The Morgan fingerprint density at radius 2 is 1.94 bits per heavy atom. The molecule has 0 spiro atoms. The number of carbonyl (C=O) groups excluding carboxylic acids is 3. The summed E-state index contributed by atoms with van der Waals surface area (Å²) in [5.74, 6) is -0.823. The maximum Gasteiger partial charge on any atom is 0.255 e. The number of nitrogens with zero attached hydrogens (tertiary/aromatic N) is 3. The van der Waals surface area contributed by atoms with Crippen molar-refractivity contribution in [2.45, 2.75) is 62.8 Å². The average Bonchev–Trinajstić information content (AvgIpc) is 3.59. The Hall–Kier alpha value is -3.17. The zero-order valence-electron chi connectivity index (χ0n) is 20.3. The van der Waals surface area contributed by atoms with Crippen molar-refractivity contribution >= 4 is 35.0 Å². The van der Waals surface area contributed by atoms with Crippen LogP contribution in [-0.4, -0.2) is 68.9 Å². The summed E-state index contributed by atoms with van der Waals surface area (Å²) in [6.45, 7) is 4.53. The van der Waals surface area contributed by atoms with Crippen LogP contribution >= 0.6 is 11.8 Å². The molecular formula is C27H30N4O4S. The molecule has 2 aromatic rings. The summed E-state index contributed by atoms with van der Waals surface area (Å²) < 4.78 is 0. The average molecular weight is 507 g/mol. The Morgan fingerprint density at radius 3 is 2.64 bits per heavy atom. The van der Waals surface area contributed by atoms with E-state index in [0.29, 0.717) is 23.9 Å². The van der Waals surface area contributed by atoms with E-state index in [9.17, 15) is 19.5 Å². The molecule has 8 nitrogen and oxygen atoms in total. The number of nitrogens with one attached hydrogen (secondary N) is 1. The van der Waals surface area contributed by atoms with Gasteiger partial charge in [0.1, 0.15) is 12.1 Å². The lowest BCUT2D eigenvalue weighted by Gasteiger charge is -2.30. The molecule has 3 aliphatic heterocycles. The molecule has 9 heteroatoms. The number of aliphatic hydroxyl groups is 1. The van der Waals surface area contributed by atoms with Crippen LogP contribution in [-0.2, 0) is 22.7 Å². The molecule has 0 bridgehead atoms. The third-order valence-corrected chi connectivity index (χ3v) is 8.46. The number of carbonyl (C=O) groups is 3. The van der Waals surface area contributed by atoms with Crippen molar-refractivity contribution in [3.05, 3.63) is 70.8 Å². The summed E-state index contributed by atoms with van der Waals surface area (Å²) in [5, 5.41) is 13.5. The number of benzene rings is 2. The fourth-order valence-corrected chi connectivity index (χ4v) is 6.15. The quantitative estimate of drug-likeness (QED) is 0.627. The van der Waals surface area contributed by atoms with Crippen LogP contribution in [0.15, 0.2) is 53.5 Å². The molecule has 1 fully saturated rings. The summed E-state index contributed by atoms with van der Waals surface area (Å²) in [5.41, 5.74) is 5.54. The van der Waals surface area contributed by atoms with E-state index in [0.717, 1.165) is 11.1 Å². The molecule has 2 N–H and O–H groups in total. The minimum atomic E-state index is -0.782. The first-order valence-corrected chi connectivity index (χ1v) is 13.2. The second kappa shape index (κ2) is 10.1. The van der Waals surface area contributed by atoms with Gasteiger partial charge in [0.05, 0.1) is 22.9 Å². The van der Waals surface area contributed by atoms with Gasteiger partial charge in [-0.15, -0.1) is 11.8 Å². The maximum atomic E-state index is 13.4. The number of hydrogen-bond donors (Lipinski definition) is 2. The standard InChI is InChI=1S/C27H30N4O4S/c1-16-24(36-15-29-16)19-9-7-18(8-10-19)12-28-25(33)23-11-21(32)14-31(23)26(34)17(2)30-13-20-5-3-4-6-22(20)27(30)35/h3-10,15-17,21,23-24,32H,11-14H2,1-2H3,(H,28,33)/t16?,17-,21+,23-,24?/m0/s1. The van der Waals surface area contributed by atoms with Crippen LogP contribution in [0.3, 0.4) is 0 Å². The van der Waals surface area contributed by atoms with E-state index in [1.54, 1.807) is 30.8 Å². The molecule has 5 rings (SSSR count). The summed E-state index contributed by atoms with van der Waals surface area (Å²) >= 11 is 1.71. The summed E-state index contributed by atoms with van der Waals surface area (Å²) in [6, 6.07) is 14.2. The lowest BCUT2D eigenvalue weighted by molar-refractivity contribution is -0.141. The van der Waals surface area contributed by atoms with Crippen molar-refractivity contribution in [1.82, 2.24) is 15.1 Å². The highest BCUT2D eigenvalue weighted by Gasteiger charge is 2.43. The second-order valence-electron chi connectivity index (χ2n) is 9.67. The van der Waals surface area contributed by atoms with Gasteiger partial charge in [-0.05, 0) is 36.6 Å². The second-order valence-corrected chi connectivity index (χ2v) is 10.7. The van der Waals surface area contributed by atoms with Crippen LogP contribution in [0.2, 0.25) is 0 Å². The van der Waals surface area contributed by atoms with Gasteiger partial charge in [-0.3, -0.25) is 19.4 Å². The molecule has 0 aliphatic carbocycles. The number of aliphatic imine (C=N–C) groups is 1. The summed E-state index contributed by atoms with van der Waals surface area (Å²) in [7, 11) is 0. The van der Waals surface area contributed by atoms with Crippen molar-refractivity contribution in [3.63, 3.8) is 0 Å². The van der Waals surface area contributed by atoms with Crippen LogP contribution in [0, 0.1) is 0 Å². The lowest BCUT2D eigenvalue weighted by atomic mass is 10.0. The summed E-state index contributed by atoms with van der Waals surface area (Å²) in [4.78, 5) is 46.6. The van der Waals surface area contributed by atoms with Crippen LogP contribution < -0.4 is 5.32 Å². The number of fused-ring (bicyclic) bond motifs is 1. The Morgan fingerprint density at radius 1 is 1.19 bits per heavy atom. The predicted octanol–water partition coefficient (Wildman–Crippen LogP) is 2.51. The van der Waals surface area contributed by atoms with Gasteiger partial charge in [0, 0.05) is 31.6 Å². The molecule has 3 heterocycles. The van der Waals surface area contributed by atoms with E-state index >= 15 is 0 Å². The molecule has 188 valence electrons. The predicted molar refractivity (Wildman–Crippen MR) is 138 cm³/mol. The highest BCUT2D eigenvalue weighted by atomic mass is 32.2. The minimum absolute atomic E-state index is 0.0737. The molecule has 0 aromatic heterocycles. The molecule has 5 atom stereocenters. The van der Waals surface area contributed by atoms with Gasteiger partial charge in [0.25, 0.3) is 5.91 Å². The fraction of sp³-hybridized carbons (Fsp3) is 0.407. The highest BCUT2D eigenvalue weighted by Crippen LogP contribution is 2.36. The Balaban J connectivity index is 1.21. The highest BCUT2D eigenvalue weighted by molar-refractivity contribution is 8.12. The van der Waals surface area contributed by atoms with E-state index in [-0.39, 0.29) is 36.7 Å². The summed E-state index contributed by atoms with van der Waals surface area (Å²) in [6.07, 6.45) is -0.607. The number of aliphatic hydroxyl groups excluding tert-OH is 1. The molecule has 0 saturated carbocycles. The van der Waals surface area contributed by atoms with Crippen LogP contribution in [0.5, 0.6) is 0 Å². The minimum Gasteiger partial charge on any atom is -0.391 e. The van der Waals surface area contributed by atoms with Crippen molar-refractivity contribution in [2.75, 3.05) is 6.54 Å². The van der Waals surface area contributed by atoms with Gasteiger partial charge in [-0.1, -0.05) is 42.5 Å². The molecule has 3 amide bonds. The van der Waals surface area contributed by atoms with E-state index in [1.165, 1.54) is 15.4 Å². The number of hydrogen-bond acceptors (Lipinski definition) is 6. The molecule has 0 radical (unpaired) electrons. The first-order valence-electron chi connectivity index (χ1n) is 12.2. The largest absolute Gasteiger partial charge is 0.391 e. The lowest BCUT2D eigenvalue weighted by Crippen LogP contribution is -2.52. The van der Waals surface area contributed by atoms with Crippen molar-refractivity contribution in [1.29, 1.82) is 0 Å². The number of likely N-dealkylation sites (tertiary alicyclic amines) is 1. The molecule has 2 unspecified atom stereocenters. The Bertz CT molecular complexity index is 1200.